The third-order valence-corrected chi connectivity index (χ3v) is 3.41. The summed E-state index contributed by atoms with van der Waals surface area (Å²) in [5.74, 6) is 0.0585. The summed E-state index contributed by atoms with van der Waals surface area (Å²) in [6, 6.07) is 17.8. The fraction of sp³-hybridized carbons (Fsp3) is 0.188. The summed E-state index contributed by atoms with van der Waals surface area (Å²) in [6.45, 7) is 1.81. The van der Waals surface area contributed by atoms with Gasteiger partial charge in [-0.15, -0.1) is 11.6 Å². The van der Waals surface area contributed by atoms with E-state index in [0.717, 1.165) is 16.8 Å². The Balaban J connectivity index is 2.30. The van der Waals surface area contributed by atoms with E-state index < -0.39 is 0 Å². The average molecular weight is 274 g/mol. The quantitative estimate of drug-likeness (QED) is 0.833. The van der Waals surface area contributed by atoms with Crippen LogP contribution < -0.4 is 5.32 Å². The summed E-state index contributed by atoms with van der Waals surface area (Å²) in [7, 11) is 0. The first kappa shape index (κ1) is 13.6. The van der Waals surface area contributed by atoms with Crippen LogP contribution in [-0.2, 0) is 4.79 Å². The van der Waals surface area contributed by atoms with Crippen molar-refractivity contribution in [3.63, 3.8) is 0 Å². The Morgan fingerprint density at radius 2 is 1.74 bits per heavy atom. The molecule has 0 radical (unpaired) electrons. The minimum absolute atomic E-state index is 0.0571. The maximum absolute atomic E-state index is 11.9. The molecule has 2 aromatic rings. The third-order valence-electron chi connectivity index (χ3n) is 2.95. The highest BCUT2D eigenvalue weighted by Gasteiger charge is 2.13. The van der Waals surface area contributed by atoms with Gasteiger partial charge in [-0.1, -0.05) is 55.5 Å². The predicted molar refractivity (Wildman–Crippen MR) is 80.4 cm³/mol. The van der Waals surface area contributed by atoms with Crippen molar-refractivity contribution in [3.8, 4) is 11.1 Å². The molecule has 2 rings (SSSR count). The molecule has 0 bridgehead atoms. The second-order valence-corrected chi connectivity index (χ2v) is 4.76. The van der Waals surface area contributed by atoms with E-state index in [0.29, 0.717) is 5.88 Å². The lowest BCUT2D eigenvalue weighted by molar-refractivity contribution is -0.118. The van der Waals surface area contributed by atoms with E-state index in [1.54, 1.807) is 0 Å². The van der Waals surface area contributed by atoms with Crippen molar-refractivity contribution in [3.05, 3.63) is 54.6 Å². The Morgan fingerprint density at radius 1 is 1.11 bits per heavy atom. The Bertz CT molecular complexity index is 554. The number of carbonyl (C=O) groups excluding carboxylic acids is 1. The molecule has 98 valence electrons. The van der Waals surface area contributed by atoms with Crippen LogP contribution in [0, 0.1) is 5.92 Å². The fourth-order valence-electron chi connectivity index (χ4n) is 1.79. The standard InChI is InChI=1S/C16H16ClNO/c1-12(11-17)16(19)18-15-10-6-5-9-14(15)13-7-3-2-4-8-13/h2-10,12H,11H2,1H3,(H,18,19). The van der Waals surface area contributed by atoms with E-state index in [1.807, 2.05) is 61.5 Å². The lowest BCUT2D eigenvalue weighted by Crippen LogP contribution is -2.21. The number of halogens is 1. The number of hydrogen-bond acceptors (Lipinski definition) is 1. The molecule has 0 aliphatic rings. The van der Waals surface area contributed by atoms with Gasteiger partial charge in [0.25, 0.3) is 0 Å². The maximum Gasteiger partial charge on any atom is 0.228 e. The van der Waals surface area contributed by atoms with Gasteiger partial charge in [-0.3, -0.25) is 4.79 Å². The molecule has 1 atom stereocenters. The number of alkyl halides is 1. The van der Waals surface area contributed by atoms with Gasteiger partial charge in [0.1, 0.15) is 0 Å². The highest BCUT2D eigenvalue weighted by Crippen LogP contribution is 2.27. The lowest BCUT2D eigenvalue weighted by atomic mass is 10.0. The van der Waals surface area contributed by atoms with Crippen LogP contribution >= 0.6 is 11.6 Å². The van der Waals surface area contributed by atoms with Crippen molar-refractivity contribution < 1.29 is 4.79 Å². The van der Waals surface area contributed by atoms with E-state index in [-0.39, 0.29) is 11.8 Å². The molecule has 19 heavy (non-hydrogen) atoms. The number of anilines is 1. The molecule has 0 aliphatic heterocycles. The van der Waals surface area contributed by atoms with Gasteiger partial charge in [0.2, 0.25) is 5.91 Å². The van der Waals surface area contributed by atoms with Crippen molar-refractivity contribution >= 4 is 23.2 Å². The Morgan fingerprint density at radius 3 is 2.42 bits per heavy atom. The van der Waals surface area contributed by atoms with Crippen LogP contribution in [0.3, 0.4) is 0 Å². The zero-order valence-electron chi connectivity index (χ0n) is 10.8. The monoisotopic (exact) mass is 273 g/mol. The van der Waals surface area contributed by atoms with Gasteiger partial charge in [-0.05, 0) is 11.6 Å². The number of para-hydroxylation sites is 1. The van der Waals surface area contributed by atoms with Gasteiger partial charge >= 0.3 is 0 Å². The smallest absolute Gasteiger partial charge is 0.228 e. The van der Waals surface area contributed by atoms with Gasteiger partial charge in [-0.25, -0.2) is 0 Å². The van der Waals surface area contributed by atoms with Gasteiger partial charge in [0.15, 0.2) is 0 Å². The average Bonchev–Trinajstić information content (AvgIpc) is 2.47. The fourth-order valence-corrected chi connectivity index (χ4v) is 1.93. The molecule has 1 N–H and O–H groups in total. The molecule has 1 amide bonds. The third kappa shape index (κ3) is 3.36. The number of amides is 1. The highest BCUT2D eigenvalue weighted by molar-refractivity contribution is 6.19. The molecule has 0 heterocycles. The molecule has 2 aromatic carbocycles. The van der Waals surface area contributed by atoms with E-state index in [4.69, 9.17) is 11.6 Å². The number of rotatable bonds is 4. The normalized spacial score (nSPS) is 11.9. The van der Waals surface area contributed by atoms with Crippen LogP contribution in [0.15, 0.2) is 54.6 Å². The van der Waals surface area contributed by atoms with E-state index in [9.17, 15) is 4.79 Å². The maximum atomic E-state index is 11.9. The van der Waals surface area contributed by atoms with E-state index in [2.05, 4.69) is 5.32 Å². The molecule has 2 nitrogen and oxygen atoms in total. The second-order valence-electron chi connectivity index (χ2n) is 4.46. The largest absolute Gasteiger partial charge is 0.325 e. The van der Waals surface area contributed by atoms with Crippen molar-refractivity contribution in [2.75, 3.05) is 11.2 Å². The molecule has 0 aliphatic carbocycles. The molecule has 0 spiro atoms. The summed E-state index contributed by atoms with van der Waals surface area (Å²) in [5, 5.41) is 2.94. The topological polar surface area (TPSA) is 29.1 Å². The van der Waals surface area contributed by atoms with Crippen LogP contribution in [0.25, 0.3) is 11.1 Å². The van der Waals surface area contributed by atoms with Gasteiger partial charge in [-0.2, -0.15) is 0 Å². The van der Waals surface area contributed by atoms with E-state index in [1.165, 1.54) is 0 Å². The zero-order chi connectivity index (χ0) is 13.7. The molecule has 0 saturated carbocycles. The van der Waals surface area contributed by atoms with Crippen LogP contribution in [0.5, 0.6) is 0 Å². The predicted octanol–water partition coefficient (Wildman–Crippen LogP) is 4.17. The van der Waals surface area contributed by atoms with Crippen molar-refractivity contribution in [1.82, 2.24) is 0 Å². The Hall–Kier alpha value is -1.80. The van der Waals surface area contributed by atoms with Gasteiger partial charge in [0.05, 0.1) is 0 Å². The summed E-state index contributed by atoms with van der Waals surface area (Å²) >= 11 is 5.71. The van der Waals surface area contributed by atoms with Gasteiger partial charge in [0, 0.05) is 23.0 Å². The molecular weight excluding hydrogens is 258 g/mol. The number of carbonyl (C=O) groups is 1. The van der Waals surface area contributed by atoms with E-state index >= 15 is 0 Å². The molecule has 0 aromatic heterocycles. The molecular formula is C16H16ClNO. The van der Waals surface area contributed by atoms with Crippen molar-refractivity contribution in [2.24, 2.45) is 5.92 Å². The van der Waals surface area contributed by atoms with Crippen LogP contribution in [0.4, 0.5) is 5.69 Å². The Kier molecular flexibility index (Phi) is 4.58. The molecule has 1 unspecified atom stereocenters. The van der Waals surface area contributed by atoms with Crippen LogP contribution in [0.2, 0.25) is 0 Å². The minimum Gasteiger partial charge on any atom is -0.325 e. The number of benzene rings is 2. The van der Waals surface area contributed by atoms with Crippen molar-refractivity contribution in [1.29, 1.82) is 0 Å². The summed E-state index contributed by atoms with van der Waals surface area (Å²) in [4.78, 5) is 11.9. The zero-order valence-corrected chi connectivity index (χ0v) is 11.5. The first-order chi connectivity index (χ1) is 9.22. The number of hydrogen-bond donors (Lipinski definition) is 1. The molecule has 0 saturated heterocycles. The molecule has 0 fully saturated rings. The van der Waals surface area contributed by atoms with Crippen LogP contribution in [0.1, 0.15) is 6.92 Å². The SMILES string of the molecule is CC(CCl)C(=O)Nc1ccccc1-c1ccccc1. The number of nitrogens with one attached hydrogen (secondary N) is 1. The summed E-state index contributed by atoms with van der Waals surface area (Å²) < 4.78 is 0. The van der Waals surface area contributed by atoms with Crippen LogP contribution in [-0.4, -0.2) is 11.8 Å². The first-order valence-corrected chi connectivity index (χ1v) is 6.77. The van der Waals surface area contributed by atoms with Gasteiger partial charge < -0.3 is 5.32 Å². The second kappa shape index (κ2) is 6.39. The first-order valence-electron chi connectivity index (χ1n) is 6.23. The lowest BCUT2D eigenvalue weighted by Gasteiger charge is -2.13. The summed E-state index contributed by atoms with van der Waals surface area (Å²) in [6.07, 6.45) is 0. The summed E-state index contributed by atoms with van der Waals surface area (Å²) in [5.41, 5.74) is 2.91. The molecule has 3 heteroatoms. The highest BCUT2D eigenvalue weighted by atomic mass is 35.5. The minimum atomic E-state index is -0.203. The Labute approximate surface area is 118 Å². The van der Waals surface area contributed by atoms with Crippen molar-refractivity contribution in [2.45, 2.75) is 6.92 Å².